The zero-order valence-corrected chi connectivity index (χ0v) is 18.5. The molecule has 0 aromatic carbocycles. The number of hydrogen-bond donors (Lipinski definition) is 3. The van der Waals surface area contributed by atoms with Crippen LogP contribution in [-0.4, -0.2) is 68.2 Å². The molecule has 9 heteroatoms. The third-order valence-corrected chi connectivity index (χ3v) is 5.57. The monoisotopic (exact) mass is 481 g/mol. The Kier molecular flexibility index (Phi) is 9.08. The quantitative estimate of drug-likeness (QED) is 0.210. The molecule has 2 unspecified atom stereocenters. The first-order valence-corrected chi connectivity index (χ1v) is 9.19. The van der Waals surface area contributed by atoms with Crippen LogP contribution in [0.5, 0.6) is 0 Å². The first-order chi connectivity index (χ1) is 12.0. The molecule has 2 rings (SSSR count). The summed E-state index contributed by atoms with van der Waals surface area (Å²) < 4.78 is 5.90. The molecular formula is C17H32IN5O3. The van der Waals surface area contributed by atoms with Crippen LogP contribution >= 0.6 is 24.0 Å². The van der Waals surface area contributed by atoms with E-state index in [0.29, 0.717) is 25.1 Å². The number of carbonyl (C=O) groups excluding carboxylic acids is 2. The van der Waals surface area contributed by atoms with Gasteiger partial charge in [-0.05, 0) is 26.2 Å². The normalized spacial score (nSPS) is 24.6. The highest BCUT2D eigenvalue weighted by Crippen LogP contribution is 2.48. The van der Waals surface area contributed by atoms with Crippen molar-refractivity contribution < 1.29 is 14.3 Å². The molecule has 2 atom stereocenters. The topological polar surface area (TPSA) is 95.1 Å². The molecule has 26 heavy (non-hydrogen) atoms. The fourth-order valence-electron chi connectivity index (χ4n) is 3.91. The van der Waals surface area contributed by atoms with Crippen molar-refractivity contribution in [3.8, 4) is 0 Å². The summed E-state index contributed by atoms with van der Waals surface area (Å²) in [5.41, 5.74) is 0.123. The minimum Gasteiger partial charge on any atom is -0.378 e. The summed E-state index contributed by atoms with van der Waals surface area (Å²) in [4.78, 5) is 28.6. The predicted octanol–water partition coefficient (Wildman–Crippen LogP) is 1.31. The van der Waals surface area contributed by atoms with Gasteiger partial charge in [-0.15, -0.1) is 24.0 Å². The summed E-state index contributed by atoms with van der Waals surface area (Å²) in [5, 5.41) is 9.20. The average Bonchev–Trinajstić information content (AvgIpc) is 2.92. The van der Waals surface area contributed by atoms with Crippen molar-refractivity contribution in [3.05, 3.63) is 0 Å². The van der Waals surface area contributed by atoms with Gasteiger partial charge < -0.3 is 20.7 Å². The van der Waals surface area contributed by atoms with Crippen molar-refractivity contribution in [1.82, 2.24) is 20.9 Å². The zero-order valence-electron chi connectivity index (χ0n) is 16.1. The van der Waals surface area contributed by atoms with Gasteiger partial charge in [0.1, 0.15) is 0 Å². The van der Waals surface area contributed by atoms with E-state index in [9.17, 15) is 9.59 Å². The predicted molar refractivity (Wildman–Crippen MR) is 112 cm³/mol. The van der Waals surface area contributed by atoms with Gasteiger partial charge in [0, 0.05) is 38.2 Å². The van der Waals surface area contributed by atoms with Gasteiger partial charge in [0.15, 0.2) is 5.96 Å². The molecule has 0 bridgehead atoms. The number of urea groups is 1. The summed E-state index contributed by atoms with van der Waals surface area (Å²) in [6, 6.07) is -0.0220. The molecule has 1 aliphatic heterocycles. The third-order valence-electron chi connectivity index (χ3n) is 5.57. The molecule has 1 heterocycles. The van der Waals surface area contributed by atoms with Crippen molar-refractivity contribution in [2.45, 2.75) is 52.2 Å². The Bertz CT molecular complexity index is 509. The lowest BCUT2D eigenvalue weighted by Gasteiger charge is -2.55. The summed E-state index contributed by atoms with van der Waals surface area (Å²) >= 11 is 0. The highest BCUT2D eigenvalue weighted by atomic mass is 127. The van der Waals surface area contributed by atoms with Crippen molar-refractivity contribution in [2.75, 3.05) is 33.3 Å². The number of aliphatic imine (C=N–C) groups is 1. The molecule has 0 radical (unpaired) electrons. The summed E-state index contributed by atoms with van der Waals surface area (Å²) in [6.07, 6.45) is 3.34. The molecule has 1 saturated heterocycles. The van der Waals surface area contributed by atoms with Crippen LogP contribution in [0.2, 0.25) is 0 Å². The molecule has 0 aromatic rings. The van der Waals surface area contributed by atoms with Gasteiger partial charge in [0.2, 0.25) is 5.91 Å². The number of nitrogens with one attached hydrogen (secondary N) is 3. The standard InChI is InChI=1S/C17H31N5O3.HI/c1-5-17(6-2)12(10-13(17)25-7-3)21-15(18-4)19-8-9-22-14(23)11-20-16(22)24;/h12-13H,5-11H2,1-4H3,(H,20,24)(H2,18,19,21);1H. The minimum atomic E-state index is -0.329. The number of imide groups is 1. The van der Waals surface area contributed by atoms with Gasteiger partial charge in [0.25, 0.3) is 0 Å². The number of halogens is 1. The van der Waals surface area contributed by atoms with E-state index in [1.54, 1.807) is 7.05 Å². The number of carbonyl (C=O) groups is 2. The number of ether oxygens (including phenoxy) is 1. The Morgan fingerprint density at radius 2 is 2.04 bits per heavy atom. The van der Waals surface area contributed by atoms with Gasteiger partial charge >= 0.3 is 6.03 Å². The molecule has 1 aliphatic carbocycles. The lowest BCUT2D eigenvalue weighted by Crippen LogP contribution is -2.65. The van der Waals surface area contributed by atoms with Gasteiger partial charge in [-0.2, -0.15) is 0 Å². The first-order valence-electron chi connectivity index (χ1n) is 9.19. The van der Waals surface area contributed by atoms with Gasteiger partial charge in [-0.3, -0.25) is 14.7 Å². The SMILES string of the molecule is CCOC1CC(NC(=NC)NCCN2C(=O)CNC2=O)C1(CC)CC.I. The Morgan fingerprint density at radius 3 is 2.54 bits per heavy atom. The second-order valence-electron chi connectivity index (χ2n) is 6.52. The fourth-order valence-corrected chi connectivity index (χ4v) is 3.91. The number of rotatable bonds is 8. The van der Waals surface area contributed by atoms with Crippen molar-refractivity contribution in [1.29, 1.82) is 0 Å². The van der Waals surface area contributed by atoms with E-state index in [1.807, 2.05) is 6.92 Å². The Hall–Kier alpha value is -1.10. The Balaban J connectivity index is 0.00000338. The highest BCUT2D eigenvalue weighted by Gasteiger charge is 2.53. The maximum atomic E-state index is 11.6. The van der Waals surface area contributed by atoms with Gasteiger partial charge in [0.05, 0.1) is 12.6 Å². The maximum absolute atomic E-state index is 11.6. The van der Waals surface area contributed by atoms with Crippen LogP contribution in [0.1, 0.15) is 40.0 Å². The first kappa shape index (κ1) is 22.9. The molecule has 2 aliphatic rings. The second kappa shape index (κ2) is 10.3. The van der Waals surface area contributed by atoms with Crippen LogP contribution in [0.3, 0.4) is 0 Å². The molecule has 2 fully saturated rings. The van der Waals surface area contributed by atoms with Crippen LogP contribution in [0.15, 0.2) is 4.99 Å². The van der Waals surface area contributed by atoms with E-state index in [0.717, 1.165) is 25.9 Å². The summed E-state index contributed by atoms with van der Waals surface area (Å²) in [6.45, 7) is 8.05. The molecule has 8 nitrogen and oxygen atoms in total. The average molecular weight is 481 g/mol. The number of nitrogens with zero attached hydrogens (tertiary/aromatic N) is 2. The van der Waals surface area contributed by atoms with Crippen LogP contribution in [0.25, 0.3) is 0 Å². The lowest BCUT2D eigenvalue weighted by atomic mass is 9.58. The Labute approximate surface area is 172 Å². The van der Waals surface area contributed by atoms with E-state index in [4.69, 9.17) is 4.74 Å². The summed E-state index contributed by atoms with van der Waals surface area (Å²) in [7, 11) is 1.72. The molecule has 3 amide bonds. The van der Waals surface area contributed by atoms with E-state index in [-0.39, 0.29) is 54.0 Å². The van der Waals surface area contributed by atoms with Crippen LogP contribution in [0, 0.1) is 5.41 Å². The smallest absolute Gasteiger partial charge is 0.324 e. The van der Waals surface area contributed by atoms with Gasteiger partial charge in [-0.1, -0.05) is 13.8 Å². The van der Waals surface area contributed by atoms with Crippen LogP contribution < -0.4 is 16.0 Å². The number of hydrogen-bond acceptors (Lipinski definition) is 4. The van der Waals surface area contributed by atoms with Crippen LogP contribution in [0.4, 0.5) is 4.79 Å². The van der Waals surface area contributed by atoms with Crippen LogP contribution in [-0.2, 0) is 9.53 Å². The number of guanidine groups is 1. The maximum Gasteiger partial charge on any atom is 0.324 e. The zero-order chi connectivity index (χ0) is 18.4. The molecule has 150 valence electrons. The summed E-state index contributed by atoms with van der Waals surface area (Å²) in [5.74, 6) is 0.502. The molecular weight excluding hydrogens is 449 g/mol. The third kappa shape index (κ3) is 4.59. The van der Waals surface area contributed by atoms with Gasteiger partial charge in [-0.25, -0.2) is 4.79 Å². The van der Waals surface area contributed by atoms with Crippen molar-refractivity contribution in [3.63, 3.8) is 0 Å². The molecule has 0 spiro atoms. The van der Waals surface area contributed by atoms with E-state index in [2.05, 4.69) is 34.8 Å². The van der Waals surface area contributed by atoms with Crippen molar-refractivity contribution in [2.24, 2.45) is 10.4 Å². The van der Waals surface area contributed by atoms with Crippen molar-refractivity contribution >= 4 is 41.9 Å². The Morgan fingerprint density at radius 1 is 1.35 bits per heavy atom. The van der Waals surface area contributed by atoms with E-state index >= 15 is 0 Å². The molecule has 3 N–H and O–H groups in total. The van der Waals surface area contributed by atoms with E-state index in [1.165, 1.54) is 4.90 Å². The van der Waals surface area contributed by atoms with E-state index < -0.39 is 0 Å². The lowest BCUT2D eigenvalue weighted by molar-refractivity contribution is -0.133. The minimum absolute atomic E-state index is 0. The largest absolute Gasteiger partial charge is 0.378 e. The molecule has 1 saturated carbocycles. The fraction of sp³-hybridized carbons (Fsp3) is 0.824. The number of amides is 3. The second-order valence-corrected chi connectivity index (χ2v) is 6.52. The highest BCUT2D eigenvalue weighted by molar-refractivity contribution is 14.0. The molecule has 0 aromatic heterocycles.